The second-order valence-electron chi connectivity index (χ2n) is 4.45. The summed E-state index contributed by atoms with van der Waals surface area (Å²) in [6.45, 7) is 2.59. The van der Waals surface area contributed by atoms with Crippen molar-refractivity contribution >= 4 is 23.0 Å². The van der Waals surface area contributed by atoms with Crippen LogP contribution in [0.25, 0.3) is 11.0 Å². The van der Waals surface area contributed by atoms with Crippen molar-refractivity contribution in [2.24, 2.45) is 0 Å². The van der Waals surface area contributed by atoms with E-state index in [1.807, 2.05) is 18.9 Å². The van der Waals surface area contributed by atoms with Crippen molar-refractivity contribution in [3.8, 4) is 0 Å². The number of rotatable bonds is 5. The van der Waals surface area contributed by atoms with E-state index < -0.39 is 5.97 Å². The highest BCUT2D eigenvalue weighted by atomic mass is 19.1. The molecule has 102 valence electrons. The Balaban J connectivity index is 2.56. The largest absolute Gasteiger partial charge is 0.480 e. The molecule has 0 unspecified atom stereocenters. The quantitative estimate of drug-likeness (QED) is 0.899. The lowest BCUT2D eigenvalue weighted by atomic mass is 10.3. The molecule has 0 saturated heterocycles. The van der Waals surface area contributed by atoms with E-state index in [1.165, 1.54) is 12.1 Å². The number of imidazole rings is 1. The van der Waals surface area contributed by atoms with E-state index in [9.17, 15) is 9.18 Å². The Morgan fingerprint density at radius 3 is 2.89 bits per heavy atom. The molecule has 0 bridgehead atoms. The number of nitrogens with zero attached hydrogens (tertiary/aromatic N) is 3. The van der Waals surface area contributed by atoms with Crippen LogP contribution in [0.4, 0.5) is 10.3 Å². The number of halogens is 1. The van der Waals surface area contributed by atoms with Crippen LogP contribution >= 0.6 is 0 Å². The van der Waals surface area contributed by atoms with Gasteiger partial charge in [-0.15, -0.1) is 0 Å². The van der Waals surface area contributed by atoms with Gasteiger partial charge in [0.2, 0.25) is 5.95 Å². The maximum absolute atomic E-state index is 13.2. The number of carbonyl (C=O) groups is 1. The van der Waals surface area contributed by atoms with Crippen molar-refractivity contribution in [2.45, 2.75) is 19.9 Å². The molecular weight excluding hydrogens is 249 g/mol. The van der Waals surface area contributed by atoms with Crippen molar-refractivity contribution in [2.75, 3.05) is 18.5 Å². The predicted molar refractivity (Wildman–Crippen MR) is 70.9 cm³/mol. The fourth-order valence-electron chi connectivity index (χ4n) is 2.11. The molecule has 1 aromatic carbocycles. The maximum atomic E-state index is 13.2. The van der Waals surface area contributed by atoms with Gasteiger partial charge in [0.25, 0.3) is 0 Å². The molecule has 0 aliphatic heterocycles. The normalized spacial score (nSPS) is 10.9. The Morgan fingerprint density at radius 2 is 2.26 bits per heavy atom. The van der Waals surface area contributed by atoms with Gasteiger partial charge in [-0.1, -0.05) is 6.92 Å². The van der Waals surface area contributed by atoms with Crippen molar-refractivity contribution in [1.29, 1.82) is 0 Å². The van der Waals surface area contributed by atoms with Gasteiger partial charge in [0.1, 0.15) is 12.4 Å². The Labute approximate surface area is 110 Å². The molecule has 0 saturated carbocycles. The molecule has 0 atom stereocenters. The Hall–Kier alpha value is -2.11. The zero-order valence-corrected chi connectivity index (χ0v) is 10.9. The van der Waals surface area contributed by atoms with Crippen molar-refractivity contribution < 1.29 is 14.3 Å². The minimum atomic E-state index is -0.949. The molecule has 1 aromatic heterocycles. The molecule has 2 aromatic rings. The topological polar surface area (TPSA) is 58.4 Å². The van der Waals surface area contributed by atoms with Crippen LogP contribution in [0, 0.1) is 5.82 Å². The van der Waals surface area contributed by atoms with Gasteiger partial charge >= 0.3 is 5.97 Å². The van der Waals surface area contributed by atoms with Crippen molar-refractivity contribution in [3.63, 3.8) is 0 Å². The average Bonchev–Trinajstić information content (AvgIpc) is 2.67. The number of hydrogen-bond acceptors (Lipinski definition) is 3. The first-order valence-corrected chi connectivity index (χ1v) is 6.11. The molecule has 0 aliphatic rings. The number of hydrogen-bond donors (Lipinski definition) is 1. The monoisotopic (exact) mass is 265 g/mol. The lowest BCUT2D eigenvalue weighted by Crippen LogP contribution is -2.23. The zero-order chi connectivity index (χ0) is 14.0. The standard InChI is InChI=1S/C13H16FN3O2/c1-3-6-16(2)13-15-10-7-9(14)4-5-11(10)17(13)8-12(18)19/h4-5,7H,3,6,8H2,1-2H3,(H,18,19). The van der Waals surface area contributed by atoms with E-state index in [4.69, 9.17) is 5.11 Å². The van der Waals surface area contributed by atoms with E-state index in [-0.39, 0.29) is 12.4 Å². The van der Waals surface area contributed by atoms with Gasteiger partial charge in [0.05, 0.1) is 11.0 Å². The van der Waals surface area contributed by atoms with Crippen LogP contribution in [0.1, 0.15) is 13.3 Å². The number of fused-ring (bicyclic) bond motifs is 1. The lowest BCUT2D eigenvalue weighted by Gasteiger charge is -2.18. The molecule has 1 N–H and O–H groups in total. The first kappa shape index (κ1) is 13.3. The predicted octanol–water partition coefficient (Wildman–Crippen LogP) is 2.11. The van der Waals surface area contributed by atoms with E-state index >= 15 is 0 Å². The summed E-state index contributed by atoms with van der Waals surface area (Å²) in [5.74, 6) is -0.781. The van der Waals surface area contributed by atoms with Gasteiger partial charge in [-0.05, 0) is 18.6 Å². The van der Waals surface area contributed by atoms with E-state index in [1.54, 1.807) is 10.6 Å². The van der Waals surface area contributed by atoms with Crippen molar-refractivity contribution in [3.05, 3.63) is 24.0 Å². The minimum absolute atomic E-state index is 0.189. The molecule has 0 radical (unpaired) electrons. The number of benzene rings is 1. The van der Waals surface area contributed by atoms with Crippen LogP contribution in [0.3, 0.4) is 0 Å². The summed E-state index contributed by atoms with van der Waals surface area (Å²) in [5.41, 5.74) is 1.10. The third-order valence-electron chi connectivity index (χ3n) is 2.88. The van der Waals surface area contributed by atoms with Gasteiger partial charge in [0.15, 0.2) is 0 Å². The summed E-state index contributed by atoms with van der Waals surface area (Å²) >= 11 is 0. The third kappa shape index (κ3) is 2.67. The maximum Gasteiger partial charge on any atom is 0.323 e. The van der Waals surface area contributed by atoms with Gasteiger partial charge in [-0.3, -0.25) is 9.36 Å². The molecule has 6 heteroatoms. The number of carboxylic acid groups (broad SMARTS) is 1. The number of anilines is 1. The summed E-state index contributed by atoms with van der Waals surface area (Å²) in [6, 6.07) is 4.19. The zero-order valence-electron chi connectivity index (χ0n) is 10.9. The Kier molecular flexibility index (Phi) is 3.69. The number of aliphatic carboxylic acids is 1. The molecule has 5 nitrogen and oxygen atoms in total. The molecule has 19 heavy (non-hydrogen) atoms. The summed E-state index contributed by atoms with van der Waals surface area (Å²) in [7, 11) is 1.85. The molecule has 0 aliphatic carbocycles. The first-order chi connectivity index (χ1) is 9.02. The van der Waals surface area contributed by atoms with E-state index in [0.717, 1.165) is 13.0 Å². The molecule has 2 rings (SSSR count). The highest BCUT2D eigenvalue weighted by Crippen LogP contribution is 2.23. The van der Waals surface area contributed by atoms with Gasteiger partial charge in [-0.2, -0.15) is 0 Å². The molecular formula is C13H16FN3O2. The Morgan fingerprint density at radius 1 is 1.53 bits per heavy atom. The van der Waals surface area contributed by atoms with E-state index in [2.05, 4.69) is 4.98 Å². The highest BCUT2D eigenvalue weighted by Gasteiger charge is 2.16. The van der Waals surface area contributed by atoms with Crippen LogP contribution in [-0.4, -0.2) is 34.2 Å². The first-order valence-electron chi connectivity index (χ1n) is 6.11. The van der Waals surface area contributed by atoms with Crippen LogP contribution in [0.5, 0.6) is 0 Å². The van der Waals surface area contributed by atoms with Crippen LogP contribution < -0.4 is 4.90 Å². The van der Waals surface area contributed by atoms with Gasteiger partial charge in [-0.25, -0.2) is 9.37 Å². The highest BCUT2D eigenvalue weighted by molar-refractivity contribution is 5.81. The van der Waals surface area contributed by atoms with Crippen LogP contribution in [0.2, 0.25) is 0 Å². The lowest BCUT2D eigenvalue weighted by molar-refractivity contribution is -0.137. The Bertz CT molecular complexity index is 609. The van der Waals surface area contributed by atoms with E-state index in [0.29, 0.717) is 17.0 Å². The summed E-state index contributed by atoms with van der Waals surface area (Å²) in [5, 5.41) is 8.99. The summed E-state index contributed by atoms with van der Waals surface area (Å²) < 4.78 is 14.8. The van der Waals surface area contributed by atoms with Gasteiger partial charge < -0.3 is 10.0 Å². The number of carboxylic acids is 1. The molecule has 0 spiro atoms. The average molecular weight is 265 g/mol. The number of aromatic nitrogens is 2. The molecule has 0 fully saturated rings. The summed E-state index contributed by atoms with van der Waals surface area (Å²) in [6.07, 6.45) is 0.918. The van der Waals surface area contributed by atoms with Crippen LogP contribution in [0.15, 0.2) is 18.2 Å². The minimum Gasteiger partial charge on any atom is -0.480 e. The molecule has 0 amide bonds. The fourth-order valence-corrected chi connectivity index (χ4v) is 2.11. The van der Waals surface area contributed by atoms with Crippen molar-refractivity contribution in [1.82, 2.24) is 9.55 Å². The smallest absolute Gasteiger partial charge is 0.323 e. The second-order valence-corrected chi connectivity index (χ2v) is 4.45. The van der Waals surface area contributed by atoms with Crippen LogP contribution in [-0.2, 0) is 11.3 Å². The second kappa shape index (κ2) is 5.26. The fraction of sp³-hybridized carbons (Fsp3) is 0.385. The summed E-state index contributed by atoms with van der Waals surface area (Å²) in [4.78, 5) is 17.2. The van der Waals surface area contributed by atoms with Gasteiger partial charge in [0, 0.05) is 19.7 Å². The SMILES string of the molecule is CCCN(C)c1nc2cc(F)ccc2n1CC(=O)O. The third-order valence-corrected chi connectivity index (χ3v) is 2.88. The molecule has 1 heterocycles.